The van der Waals surface area contributed by atoms with Gasteiger partial charge in [0, 0.05) is 23.7 Å². The number of hydrogen-bond acceptors (Lipinski definition) is 3. The van der Waals surface area contributed by atoms with Gasteiger partial charge in [-0.05, 0) is 38.7 Å². The van der Waals surface area contributed by atoms with E-state index in [1.54, 1.807) is 13.2 Å². The van der Waals surface area contributed by atoms with Crippen LogP contribution < -0.4 is 10.1 Å². The van der Waals surface area contributed by atoms with E-state index < -0.39 is 0 Å². The second-order valence-corrected chi connectivity index (χ2v) is 5.34. The maximum absolute atomic E-state index is 9.85. The second-order valence-electron chi connectivity index (χ2n) is 5.34. The molecule has 1 aliphatic carbocycles. The van der Waals surface area contributed by atoms with Gasteiger partial charge in [0.05, 0.1) is 7.11 Å². The fraction of sp³-hybridized carbons (Fsp3) is 0.571. The van der Waals surface area contributed by atoms with Gasteiger partial charge in [-0.3, -0.25) is 0 Å². The van der Waals surface area contributed by atoms with Crippen molar-refractivity contribution in [3.8, 4) is 11.5 Å². The summed E-state index contributed by atoms with van der Waals surface area (Å²) in [7, 11) is 1.60. The van der Waals surface area contributed by atoms with E-state index in [1.807, 2.05) is 12.1 Å². The van der Waals surface area contributed by atoms with E-state index in [-0.39, 0.29) is 5.54 Å². The number of nitrogens with one attached hydrogen (secondary N) is 1. The van der Waals surface area contributed by atoms with Crippen molar-refractivity contribution in [3.05, 3.63) is 23.8 Å². The molecule has 0 saturated heterocycles. The van der Waals surface area contributed by atoms with E-state index in [4.69, 9.17) is 4.74 Å². The summed E-state index contributed by atoms with van der Waals surface area (Å²) in [6, 6.07) is 5.44. The summed E-state index contributed by atoms with van der Waals surface area (Å²) in [6.07, 6.45) is 2.63. The zero-order valence-electron chi connectivity index (χ0n) is 10.8. The van der Waals surface area contributed by atoms with E-state index in [2.05, 4.69) is 19.2 Å². The first-order valence-corrected chi connectivity index (χ1v) is 6.14. The molecule has 2 rings (SSSR count). The number of aromatic hydroxyl groups is 1. The molecule has 0 atom stereocenters. The Hall–Kier alpha value is -1.22. The van der Waals surface area contributed by atoms with Gasteiger partial charge in [0.15, 0.2) is 0 Å². The highest BCUT2D eigenvalue weighted by Gasteiger charge is 2.37. The molecule has 3 heteroatoms. The Labute approximate surface area is 103 Å². The smallest absolute Gasteiger partial charge is 0.123 e. The van der Waals surface area contributed by atoms with Crippen LogP contribution in [0.3, 0.4) is 0 Å². The van der Waals surface area contributed by atoms with Crippen LogP contribution >= 0.6 is 0 Å². The molecule has 0 heterocycles. The molecule has 0 radical (unpaired) electrons. The molecule has 2 N–H and O–H groups in total. The molecule has 1 saturated carbocycles. The van der Waals surface area contributed by atoms with E-state index in [9.17, 15) is 5.11 Å². The lowest BCUT2D eigenvalue weighted by Crippen LogP contribution is -2.40. The average Bonchev–Trinajstić information content (AvgIpc) is 3.11. The lowest BCUT2D eigenvalue weighted by molar-refractivity contribution is 0.335. The van der Waals surface area contributed by atoms with Crippen molar-refractivity contribution < 1.29 is 9.84 Å². The minimum atomic E-state index is 0.159. The summed E-state index contributed by atoms with van der Waals surface area (Å²) in [5, 5.41) is 13.4. The summed E-state index contributed by atoms with van der Waals surface area (Å²) >= 11 is 0. The number of phenols is 1. The second kappa shape index (κ2) is 4.57. The Morgan fingerprint density at radius 3 is 2.65 bits per heavy atom. The van der Waals surface area contributed by atoms with Crippen molar-refractivity contribution in [1.82, 2.24) is 5.32 Å². The first-order valence-electron chi connectivity index (χ1n) is 6.14. The molecule has 0 amide bonds. The fourth-order valence-corrected chi connectivity index (χ4v) is 2.09. The molecule has 1 aliphatic rings. The highest BCUT2D eigenvalue weighted by atomic mass is 16.5. The van der Waals surface area contributed by atoms with Gasteiger partial charge in [-0.1, -0.05) is 6.07 Å². The number of methoxy groups -OCH3 is 1. The normalized spacial score (nSPS) is 15.9. The Balaban J connectivity index is 1.99. The highest BCUT2D eigenvalue weighted by Crippen LogP contribution is 2.39. The zero-order chi connectivity index (χ0) is 12.5. The lowest BCUT2D eigenvalue weighted by atomic mass is 9.98. The van der Waals surface area contributed by atoms with Gasteiger partial charge >= 0.3 is 0 Å². The summed E-state index contributed by atoms with van der Waals surface area (Å²) in [5.74, 6) is 1.76. The maximum Gasteiger partial charge on any atom is 0.123 e. The van der Waals surface area contributed by atoms with Gasteiger partial charge in [-0.15, -0.1) is 0 Å². The first kappa shape index (κ1) is 12.2. The van der Waals surface area contributed by atoms with Crippen molar-refractivity contribution in [2.24, 2.45) is 5.92 Å². The summed E-state index contributed by atoms with van der Waals surface area (Å²) in [4.78, 5) is 0. The van der Waals surface area contributed by atoms with Crippen molar-refractivity contribution in [1.29, 1.82) is 0 Å². The van der Waals surface area contributed by atoms with Crippen molar-refractivity contribution in [2.45, 2.75) is 38.8 Å². The topological polar surface area (TPSA) is 41.5 Å². The highest BCUT2D eigenvalue weighted by molar-refractivity contribution is 5.39. The molecule has 0 aromatic heterocycles. The molecular formula is C14H21NO2. The molecule has 0 aliphatic heterocycles. The zero-order valence-corrected chi connectivity index (χ0v) is 10.8. The van der Waals surface area contributed by atoms with E-state index in [1.165, 1.54) is 12.8 Å². The third kappa shape index (κ3) is 2.91. The largest absolute Gasteiger partial charge is 0.507 e. The molecule has 0 unspecified atom stereocenters. The Morgan fingerprint density at radius 1 is 1.41 bits per heavy atom. The quantitative estimate of drug-likeness (QED) is 0.824. The number of rotatable bonds is 5. The van der Waals surface area contributed by atoms with Crippen molar-refractivity contribution in [2.75, 3.05) is 7.11 Å². The van der Waals surface area contributed by atoms with Crippen LogP contribution in [0.5, 0.6) is 11.5 Å². The number of ether oxygens (including phenoxy) is 1. The molecule has 1 fully saturated rings. The predicted octanol–water partition coefficient (Wildman–Crippen LogP) is 2.68. The molecule has 0 bridgehead atoms. The van der Waals surface area contributed by atoms with Crippen LogP contribution in [-0.2, 0) is 6.54 Å². The average molecular weight is 235 g/mol. The molecule has 17 heavy (non-hydrogen) atoms. The van der Waals surface area contributed by atoms with Crippen LogP contribution in [0.25, 0.3) is 0 Å². The lowest BCUT2D eigenvalue weighted by Gasteiger charge is -2.26. The van der Waals surface area contributed by atoms with Crippen LogP contribution in [0.1, 0.15) is 32.3 Å². The maximum atomic E-state index is 9.85. The van der Waals surface area contributed by atoms with Gasteiger partial charge in [0.1, 0.15) is 11.5 Å². The molecule has 1 aromatic carbocycles. The number of benzene rings is 1. The SMILES string of the molecule is COc1ccc(CNC(C)(C)C2CC2)c(O)c1. The van der Waals surface area contributed by atoms with E-state index in [0.717, 1.165) is 11.5 Å². The molecule has 94 valence electrons. The monoisotopic (exact) mass is 235 g/mol. The minimum absolute atomic E-state index is 0.159. The van der Waals surface area contributed by atoms with Gasteiger partial charge in [0.2, 0.25) is 0 Å². The van der Waals surface area contributed by atoms with Crippen LogP contribution in [0.4, 0.5) is 0 Å². The summed E-state index contributed by atoms with van der Waals surface area (Å²) < 4.78 is 5.06. The van der Waals surface area contributed by atoms with Crippen LogP contribution in [-0.4, -0.2) is 17.8 Å². The summed E-state index contributed by atoms with van der Waals surface area (Å²) in [6.45, 7) is 5.15. The number of phenolic OH excluding ortho intramolecular Hbond substituents is 1. The van der Waals surface area contributed by atoms with Crippen molar-refractivity contribution in [3.63, 3.8) is 0 Å². The van der Waals surface area contributed by atoms with Crippen molar-refractivity contribution >= 4 is 0 Å². The Morgan fingerprint density at radius 2 is 2.12 bits per heavy atom. The van der Waals surface area contributed by atoms with Crippen LogP contribution in [0, 0.1) is 5.92 Å². The molecule has 1 aromatic rings. The van der Waals surface area contributed by atoms with Gasteiger partial charge < -0.3 is 15.2 Å². The first-order chi connectivity index (χ1) is 8.03. The van der Waals surface area contributed by atoms with E-state index in [0.29, 0.717) is 18.0 Å². The Bertz CT molecular complexity index is 397. The molecule has 3 nitrogen and oxygen atoms in total. The van der Waals surface area contributed by atoms with Gasteiger partial charge in [-0.2, -0.15) is 0 Å². The third-order valence-corrected chi connectivity index (χ3v) is 3.62. The van der Waals surface area contributed by atoms with Crippen LogP contribution in [0.2, 0.25) is 0 Å². The predicted molar refractivity (Wildman–Crippen MR) is 68.3 cm³/mol. The fourth-order valence-electron chi connectivity index (χ4n) is 2.09. The minimum Gasteiger partial charge on any atom is -0.507 e. The molecule has 0 spiro atoms. The molecular weight excluding hydrogens is 214 g/mol. The third-order valence-electron chi connectivity index (χ3n) is 3.62. The number of hydrogen-bond donors (Lipinski definition) is 2. The van der Waals surface area contributed by atoms with E-state index >= 15 is 0 Å². The van der Waals surface area contributed by atoms with Gasteiger partial charge in [0.25, 0.3) is 0 Å². The Kier molecular flexibility index (Phi) is 3.29. The van der Waals surface area contributed by atoms with Crippen LogP contribution in [0.15, 0.2) is 18.2 Å². The summed E-state index contributed by atoms with van der Waals surface area (Å²) in [5.41, 5.74) is 1.08. The standard InChI is InChI=1S/C14H21NO2/c1-14(2,11-5-6-11)15-9-10-4-7-12(17-3)8-13(10)16/h4,7-8,11,15-16H,5-6,9H2,1-3H3. The van der Waals surface area contributed by atoms with Gasteiger partial charge in [-0.25, -0.2) is 0 Å².